The van der Waals surface area contributed by atoms with Crippen molar-refractivity contribution < 1.29 is 19.4 Å². The maximum absolute atomic E-state index is 11.0. The van der Waals surface area contributed by atoms with Gasteiger partial charge in [-0.3, -0.25) is 0 Å². The largest absolute Gasteiger partial charge is 0.466 e. The van der Waals surface area contributed by atoms with Gasteiger partial charge in [-0.1, -0.05) is 30.3 Å². The van der Waals surface area contributed by atoms with E-state index in [9.17, 15) is 9.90 Å². The zero-order valence-electron chi connectivity index (χ0n) is 10.6. The topological polar surface area (TPSA) is 55.8 Å². The van der Waals surface area contributed by atoms with Crippen molar-refractivity contribution in [2.24, 2.45) is 0 Å². The van der Waals surface area contributed by atoms with E-state index in [1.807, 2.05) is 30.3 Å². The second kappa shape index (κ2) is 7.63. The van der Waals surface area contributed by atoms with Crippen molar-refractivity contribution in [3.63, 3.8) is 0 Å². The van der Waals surface area contributed by atoms with Gasteiger partial charge in [0.05, 0.1) is 19.8 Å². The molecule has 98 valence electrons. The van der Waals surface area contributed by atoms with Crippen molar-refractivity contribution in [2.75, 3.05) is 7.11 Å². The fourth-order valence-electron chi connectivity index (χ4n) is 1.36. The number of rotatable bonds is 6. The van der Waals surface area contributed by atoms with Gasteiger partial charge in [0.1, 0.15) is 6.10 Å². The van der Waals surface area contributed by atoms with Crippen molar-refractivity contribution in [1.82, 2.24) is 0 Å². The first kappa shape index (κ1) is 14.4. The summed E-state index contributed by atoms with van der Waals surface area (Å²) in [4.78, 5) is 11.0. The Morgan fingerprint density at radius 1 is 1.39 bits per heavy atom. The molecule has 0 spiro atoms. The summed E-state index contributed by atoms with van der Waals surface area (Å²) < 4.78 is 10.0. The monoisotopic (exact) mass is 250 g/mol. The summed E-state index contributed by atoms with van der Waals surface area (Å²) in [6.45, 7) is 1.99. The predicted octanol–water partition coefficient (Wildman–Crippen LogP) is 1.68. The van der Waals surface area contributed by atoms with Crippen LogP contribution in [-0.2, 0) is 20.9 Å². The molecule has 1 rings (SSSR count). The van der Waals surface area contributed by atoms with Gasteiger partial charge in [0.25, 0.3) is 0 Å². The van der Waals surface area contributed by atoms with Crippen LogP contribution < -0.4 is 0 Å². The molecule has 4 heteroatoms. The smallest absolute Gasteiger partial charge is 0.330 e. The lowest BCUT2D eigenvalue weighted by Crippen LogP contribution is -2.24. The van der Waals surface area contributed by atoms with E-state index in [1.165, 1.54) is 19.3 Å². The van der Waals surface area contributed by atoms with Gasteiger partial charge in [-0.2, -0.15) is 0 Å². The fourth-order valence-corrected chi connectivity index (χ4v) is 1.36. The highest BCUT2D eigenvalue weighted by Crippen LogP contribution is 2.07. The summed E-state index contributed by atoms with van der Waals surface area (Å²) in [6.07, 6.45) is 1.51. The highest BCUT2D eigenvalue weighted by Gasteiger charge is 2.12. The van der Waals surface area contributed by atoms with Gasteiger partial charge in [-0.05, 0) is 18.6 Å². The molecule has 0 fully saturated rings. The van der Waals surface area contributed by atoms with Crippen molar-refractivity contribution >= 4 is 5.97 Å². The Balaban J connectivity index is 2.53. The number of benzene rings is 1. The third-order valence-electron chi connectivity index (χ3n) is 2.38. The maximum atomic E-state index is 11.0. The Hall–Kier alpha value is -1.65. The molecule has 0 aromatic heterocycles. The number of hydrogen-bond donors (Lipinski definition) is 1. The van der Waals surface area contributed by atoms with Crippen LogP contribution in [0.1, 0.15) is 12.5 Å². The molecular weight excluding hydrogens is 232 g/mol. The summed E-state index contributed by atoms with van der Waals surface area (Å²) in [6, 6.07) is 9.62. The predicted molar refractivity (Wildman–Crippen MR) is 67.9 cm³/mol. The molecule has 1 aromatic carbocycles. The zero-order chi connectivity index (χ0) is 13.4. The molecule has 18 heavy (non-hydrogen) atoms. The number of aliphatic hydroxyl groups excluding tert-OH is 1. The third-order valence-corrected chi connectivity index (χ3v) is 2.38. The van der Waals surface area contributed by atoms with Gasteiger partial charge in [-0.15, -0.1) is 0 Å². The van der Waals surface area contributed by atoms with E-state index in [-0.39, 0.29) is 0 Å². The summed E-state index contributed by atoms with van der Waals surface area (Å²) in [7, 11) is 1.30. The summed E-state index contributed by atoms with van der Waals surface area (Å²) in [5.41, 5.74) is 1.01. The number of carbonyl (C=O) groups is 1. The molecule has 0 amide bonds. The third kappa shape index (κ3) is 5.12. The van der Waals surface area contributed by atoms with Crippen LogP contribution in [0.5, 0.6) is 0 Å². The average Bonchev–Trinajstić information content (AvgIpc) is 2.39. The molecule has 1 N–H and O–H groups in total. The van der Waals surface area contributed by atoms with Crippen LogP contribution in [0.15, 0.2) is 42.5 Å². The van der Waals surface area contributed by atoms with Gasteiger partial charge in [0.2, 0.25) is 0 Å². The summed E-state index contributed by atoms with van der Waals surface area (Å²) in [5, 5.41) is 9.55. The number of aliphatic hydroxyl groups is 1. The fraction of sp³-hybridized carbons (Fsp3) is 0.357. The Bertz CT molecular complexity index is 384. The Morgan fingerprint density at radius 3 is 2.61 bits per heavy atom. The van der Waals surface area contributed by atoms with Crippen LogP contribution in [0.25, 0.3) is 0 Å². The van der Waals surface area contributed by atoms with Crippen LogP contribution in [0, 0.1) is 0 Å². The average molecular weight is 250 g/mol. The van der Waals surface area contributed by atoms with Crippen molar-refractivity contribution in [1.29, 1.82) is 0 Å². The Labute approximate surface area is 107 Å². The van der Waals surface area contributed by atoms with E-state index in [0.717, 1.165) is 5.56 Å². The van der Waals surface area contributed by atoms with Crippen molar-refractivity contribution in [3.05, 3.63) is 48.0 Å². The molecule has 0 aliphatic heterocycles. The molecule has 0 aliphatic carbocycles. The quantitative estimate of drug-likeness (QED) is 0.616. The first-order chi connectivity index (χ1) is 8.63. The van der Waals surface area contributed by atoms with Gasteiger partial charge in [-0.25, -0.2) is 4.79 Å². The lowest BCUT2D eigenvalue weighted by molar-refractivity contribution is -0.134. The van der Waals surface area contributed by atoms with Crippen LogP contribution in [-0.4, -0.2) is 30.4 Å². The molecule has 0 unspecified atom stereocenters. The van der Waals surface area contributed by atoms with E-state index >= 15 is 0 Å². The molecule has 4 nitrogen and oxygen atoms in total. The molecule has 0 bridgehead atoms. The normalized spacial score (nSPS) is 14.4. The molecule has 0 saturated carbocycles. The number of carbonyl (C=O) groups excluding carboxylic acids is 1. The second-order valence-corrected chi connectivity index (χ2v) is 3.88. The summed E-state index contributed by atoms with van der Waals surface area (Å²) in [5.74, 6) is -0.469. The molecular formula is C14H18O4. The van der Waals surface area contributed by atoms with Crippen LogP contribution >= 0.6 is 0 Å². The van der Waals surface area contributed by atoms with Gasteiger partial charge >= 0.3 is 5.97 Å². The molecule has 0 heterocycles. The van der Waals surface area contributed by atoms with E-state index < -0.39 is 18.2 Å². The summed E-state index contributed by atoms with van der Waals surface area (Å²) >= 11 is 0. The van der Waals surface area contributed by atoms with Crippen LogP contribution in [0.2, 0.25) is 0 Å². The van der Waals surface area contributed by atoms with Gasteiger partial charge < -0.3 is 14.6 Å². The molecule has 0 saturated heterocycles. The highest BCUT2D eigenvalue weighted by atomic mass is 16.5. The minimum atomic E-state index is -0.699. The standard InChI is InChI=1S/C14H18O4/c1-11(15)13(8-9-14(16)17-2)18-10-12-6-4-3-5-7-12/h3-9,11,13,15H,10H2,1-2H3/b9-8+/t11-,13-/m1/s1. The zero-order valence-corrected chi connectivity index (χ0v) is 10.6. The number of esters is 1. The van der Waals surface area contributed by atoms with Gasteiger partial charge in [0, 0.05) is 6.08 Å². The van der Waals surface area contributed by atoms with E-state index in [1.54, 1.807) is 6.92 Å². The van der Waals surface area contributed by atoms with Gasteiger partial charge in [0.15, 0.2) is 0 Å². The first-order valence-electron chi connectivity index (χ1n) is 5.73. The van der Waals surface area contributed by atoms with E-state index in [4.69, 9.17) is 4.74 Å². The Morgan fingerprint density at radius 2 is 2.06 bits per heavy atom. The van der Waals surface area contributed by atoms with Crippen molar-refractivity contribution in [3.8, 4) is 0 Å². The minimum Gasteiger partial charge on any atom is -0.466 e. The molecule has 2 atom stereocenters. The lowest BCUT2D eigenvalue weighted by Gasteiger charge is -2.17. The Kier molecular flexibility index (Phi) is 6.11. The highest BCUT2D eigenvalue weighted by molar-refractivity contribution is 5.81. The lowest BCUT2D eigenvalue weighted by atomic mass is 10.2. The number of ether oxygens (including phenoxy) is 2. The number of hydrogen-bond acceptors (Lipinski definition) is 4. The van der Waals surface area contributed by atoms with Crippen LogP contribution in [0.3, 0.4) is 0 Å². The maximum Gasteiger partial charge on any atom is 0.330 e. The van der Waals surface area contributed by atoms with Crippen LogP contribution in [0.4, 0.5) is 0 Å². The molecule has 1 aromatic rings. The van der Waals surface area contributed by atoms with Crippen molar-refractivity contribution in [2.45, 2.75) is 25.7 Å². The minimum absolute atomic E-state index is 0.377. The SMILES string of the molecule is COC(=O)/C=C/[C@@H](OCc1ccccc1)[C@@H](C)O. The molecule has 0 aliphatic rings. The van der Waals surface area contributed by atoms with E-state index in [0.29, 0.717) is 6.61 Å². The second-order valence-electron chi connectivity index (χ2n) is 3.88. The number of methoxy groups -OCH3 is 1. The van der Waals surface area contributed by atoms with E-state index in [2.05, 4.69) is 4.74 Å². The molecule has 0 radical (unpaired) electrons. The first-order valence-corrected chi connectivity index (χ1v) is 5.73.